The van der Waals surface area contributed by atoms with Crippen LogP contribution in [0.15, 0.2) is 0 Å². The van der Waals surface area contributed by atoms with E-state index in [0.29, 0.717) is 0 Å². The van der Waals surface area contributed by atoms with E-state index in [1.54, 1.807) is 11.8 Å². The molecule has 1 aliphatic rings. The van der Waals surface area contributed by atoms with E-state index in [-0.39, 0.29) is 5.44 Å². The van der Waals surface area contributed by atoms with Crippen molar-refractivity contribution in [2.45, 2.75) is 24.7 Å². The van der Waals surface area contributed by atoms with Crippen molar-refractivity contribution in [3.63, 3.8) is 0 Å². The van der Waals surface area contributed by atoms with Crippen molar-refractivity contribution in [2.24, 2.45) is 0 Å². The highest BCUT2D eigenvalue weighted by Gasteiger charge is 2.08. The van der Waals surface area contributed by atoms with Crippen LogP contribution in [-0.4, -0.2) is 16.3 Å². The van der Waals surface area contributed by atoms with Crippen LogP contribution in [0.4, 0.5) is 0 Å². The van der Waals surface area contributed by atoms with Crippen molar-refractivity contribution in [3.05, 3.63) is 0 Å². The molecule has 0 aromatic heterocycles. The maximum absolute atomic E-state index is 8.87. The topological polar surface area (TPSA) is 20.2 Å². The maximum Gasteiger partial charge on any atom is 0.0992 e. The second-order valence-corrected chi connectivity index (χ2v) is 3.11. The third-order valence-electron chi connectivity index (χ3n) is 1.16. The van der Waals surface area contributed by atoms with Crippen molar-refractivity contribution >= 4 is 11.8 Å². The van der Waals surface area contributed by atoms with Gasteiger partial charge >= 0.3 is 0 Å². The first kappa shape index (κ1) is 5.45. The van der Waals surface area contributed by atoms with Crippen LogP contribution in [0, 0.1) is 0 Å². The molecule has 1 fully saturated rings. The van der Waals surface area contributed by atoms with Crippen molar-refractivity contribution in [1.82, 2.24) is 0 Å². The molecular weight excluding hydrogens is 108 g/mol. The fourth-order valence-electron chi connectivity index (χ4n) is 0.724. The second-order valence-electron chi connectivity index (χ2n) is 1.82. The van der Waals surface area contributed by atoms with Gasteiger partial charge in [0.25, 0.3) is 0 Å². The Bertz CT molecular complexity index is 50.0. The molecule has 1 rings (SSSR count). The first-order chi connectivity index (χ1) is 3.39. The molecule has 1 unspecified atom stereocenters. The van der Waals surface area contributed by atoms with E-state index in [1.807, 2.05) is 0 Å². The molecule has 2 heteroatoms. The first-order valence-electron chi connectivity index (χ1n) is 2.69. The maximum atomic E-state index is 8.87. The average Bonchev–Trinajstić information content (AvgIpc) is 1.69. The van der Waals surface area contributed by atoms with Gasteiger partial charge in [-0.05, 0) is 25.0 Å². The lowest BCUT2D eigenvalue weighted by Gasteiger charge is -2.14. The minimum absolute atomic E-state index is 0.0475. The highest BCUT2D eigenvalue weighted by molar-refractivity contribution is 7.99. The summed E-state index contributed by atoms with van der Waals surface area (Å²) in [6.45, 7) is 0. The molecule has 1 heterocycles. The van der Waals surface area contributed by atoms with Gasteiger partial charge in [-0.15, -0.1) is 11.8 Å². The van der Waals surface area contributed by atoms with Gasteiger partial charge in [0.15, 0.2) is 0 Å². The van der Waals surface area contributed by atoms with Crippen LogP contribution in [0.1, 0.15) is 19.3 Å². The van der Waals surface area contributed by atoms with E-state index < -0.39 is 0 Å². The monoisotopic (exact) mass is 118 g/mol. The summed E-state index contributed by atoms with van der Waals surface area (Å²) in [6.07, 6.45) is 3.51. The second kappa shape index (κ2) is 2.58. The van der Waals surface area contributed by atoms with E-state index in [1.165, 1.54) is 12.8 Å². The molecule has 0 spiro atoms. The van der Waals surface area contributed by atoms with Crippen LogP contribution < -0.4 is 0 Å². The zero-order chi connectivity index (χ0) is 5.11. The number of hydrogen-bond acceptors (Lipinski definition) is 2. The molecule has 0 aliphatic carbocycles. The summed E-state index contributed by atoms with van der Waals surface area (Å²) in [5, 5.41) is 8.87. The lowest BCUT2D eigenvalue weighted by molar-refractivity contribution is 0.244. The van der Waals surface area contributed by atoms with E-state index in [0.717, 1.165) is 12.2 Å². The van der Waals surface area contributed by atoms with Gasteiger partial charge in [-0.3, -0.25) is 0 Å². The molecule has 0 bridgehead atoms. The zero-order valence-electron chi connectivity index (χ0n) is 4.26. The molecule has 42 valence electrons. The third-order valence-corrected chi connectivity index (χ3v) is 2.30. The molecule has 1 saturated heterocycles. The molecule has 1 nitrogen and oxygen atoms in total. The van der Waals surface area contributed by atoms with Crippen LogP contribution in [0.5, 0.6) is 0 Å². The van der Waals surface area contributed by atoms with Crippen molar-refractivity contribution in [3.8, 4) is 0 Å². The van der Waals surface area contributed by atoms with Gasteiger partial charge in [-0.1, -0.05) is 0 Å². The van der Waals surface area contributed by atoms with Gasteiger partial charge in [0.05, 0.1) is 5.44 Å². The predicted octanol–water partition coefficient (Wildman–Crippen LogP) is 1.22. The Morgan fingerprint density at radius 1 is 1.43 bits per heavy atom. The van der Waals surface area contributed by atoms with Gasteiger partial charge in [0.1, 0.15) is 0 Å². The molecule has 1 atom stereocenters. The number of rotatable bonds is 0. The highest BCUT2D eigenvalue weighted by atomic mass is 32.2. The Labute approximate surface area is 48.1 Å². The Kier molecular flexibility index (Phi) is 2.00. The Hall–Kier alpha value is 0.310. The summed E-state index contributed by atoms with van der Waals surface area (Å²) in [6, 6.07) is 0. The highest BCUT2D eigenvalue weighted by Crippen LogP contribution is 2.21. The van der Waals surface area contributed by atoms with E-state index in [9.17, 15) is 0 Å². The van der Waals surface area contributed by atoms with Gasteiger partial charge < -0.3 is 5.11 Å². The molecule has 0 amide bonds. The summed E-state index contributed by atoms with van der Waals surface area (Å²) < 4.78 is 0. The summed E-state index contributed by atoms with van der Waals surface area (Å²) in [7, 11) is 0. The van der Waals surface area contributed by atoms with Crippen LogP contribution in [0.2, 0.25) is 0 Å². The van der Waals surface area contributed by atoms with Gasteiger partial charge in [-0.2, -0.15) is 0 Å². The minimum Gasteiger partial charge on any atom is -0.382 e. The third kappa shape index (κ3) is 1.70. The fourth-order valence-corrected chi connectivity index (χ4v) is 1.70. The molecule has 0 radical (unpaired) electrons. The van der Waals surface area contributed by atoms with E-state index >= 15 is 0 Å². The molecular formula is C5H10OS. The van der Waals surface area contributed by atoms with Gasteiger partial charge in [0.2, 0.25) is 0 Å². The Morgan fingerprint density at radius 3 is 2.57 bits per heavy atom. The summed E-state index contributed by atoms with van der Waals surface area (Å²) in [5.74, 6) is 1.15. The molecule has 0 saturated carbocycles. The lowest BCUT2D eigenvalue weighted by atomic mass is 10.2. The van der Waals surface area contributed by atoms with E-state index in [2.05, 4.69) is 0 Å². The van der Waals surface area contributed by atoms with Crippen molar-refractivity contribution in [2.75, 3.05) is 5.75 Å². The SMILES string of the molecule is OC1CCCCS1. The van der Waals surface area contributed by atoms with Gasteiger partial charge in [-0.25, -0.2) is 0 Å². The van der Waals surface area contributed by atoms with Crippen molar-refractivity contribution in [1.29, 1.82) is 0 Å². The summed E-state index contributed by atoms with van der Waals surface area (Å²) >= 11 is 1.67. The van der Waals surface area contributed by atoms with Crippen LogP contribution in [-0.2, 0) is 0 Å². The zero-order valence-corrected chi connectivity index (χ0v) is 5.08. The average molecular weight is 118 g/mol. The Balaban J connectivity index is 2.12. The first-order valence-corrected chi connectivity index (χ1v) is 3.74. The van der Waals surface area contributed by atoms with Crippen LogP contribution >= 0.6 is 11.8 Å². The quantitative estimate of drug-likeness (QED) is 0.516. The summed E-state index contributed by atoms with van der Waals surface area (Å²) in [4.78, 5) is 0. The predicted molar refractivity (Wildman–Crippen MR) is 32.3 cm³/mol. The molecule has 0 aromatic carbocycles. The van der Waals surface area contributed by atoms with Crippen LogP contribution in [0.3, 0.4) is 0 Å². The standard InChI is InChI=1S/C5H10OS/c6-5-3-1-2-4-7-5/h5-6H,1-4H2. The lowest BCUT2D eigenvalue weighted by Crippen LogP contribution is -2.06. The largest absolute Gasteiger partial charge is 0.382 e. The fraction of sp³-hybridized carbons (Fsp3) is 1.00. The van der Waals surface area contributed by atoms with E-state index in [4.69, 9.17) is 5.11 Å². The smallest absolute Gasteiger partial charge is 0.0992 e. The normalized spacial score (nSPS) is 33.0. The molecule has 7 heavy (non-hydrogen) atoms. The number of aliphatic hydroxyl groups excluding tert-OH is 1. The minimum atomic E-state index is -0.0475. The number of aliphatic hydroxyl groups is 1. The van der Waals surface area contributed by atoms with Crippen LogP contribution in [0.25, 0.3) is 0 Å². The molecule has 0 aromatic rings. The number of hydrogen-bond donors (Lipinski definition) is 1. The Morgan fingerprint density at radius 2 is 2.29 bits per heavy atom. The molecule has 1 aliphatic heterocycles. The van der Waals surface area contributed by atoms with Crippen molar-refractivity contribution < 1.29 is 5.11 Å². The summed E-state index contributed by atoms with van der Waals surface area (Å²) in [5.41, 5.74) is -0.0475. The number of thioether (sulfide) groups is 1. The van der Waals surface area contributed by atoms with Gasteiger partial charge in [0, 0.05) is 0 Å². The molecule has 1 N–H and O–H groups in total.